The van der Waals surface area contributed by atoms with Crippen molar-refractivity contribution in [3.63, 3.8) is 0 Å². The van der Waals surface area contributed by atoms with Crippen LogP contribution in [0.5, 0.6) is 0 Å². The van der Waals surface area contributed by atoms with Crippen LogP contribution in [0.15, 0.2) is 30.3 Å². The van der Waals surface area contributed by atoms with Crippen LogP contribution in [0.1, 0.15) is 38.7 Å². The number of likely N-dealkylation sites (tertiary alicyclic amines) is 1. The van der Waals surface area contributed by atoms with Gasteiger partial charge in [0.05, 0.1) is 11.8 Å². The highest BCUT2D eigenvalue weighted by Crippen LogP contribution is 2.29. The first kappa shape index (κ1) is 16.5. The van der Waals surface area contributed by atoms with Gasteiger partial charge in [-0.25, -0.2) is 0 Å². The van der Waals surface area contributed by atoms with Gasteiger partial charge in [0, 0.05) is 13.1 Å². The zero-order valence-electron chi connectivity index (χ0n) is 13.5. The molecule has 1 aromatic carbocycles. The van der Waals surface area contributed by atoms with E-state index in [2.05, 4.69) is 6.92 Å². The number of carbonyl (C=O) groups excluding carboxylic acids is 2. The van der Waals surface area contributed by atoms with Crippen LogP contribution in [-0.4, -0.2) is 29.9 Å². The number of unbranched alkanes of at least 4 members (excludes halogenated alkanes) is 1. The van der Waals surface area contributed by atoms with E-state index in [0.29, 0.717) is 13.0 Å². The second kappa shape index (κ2) is 7.97. The minimum absolute atomic E-state index is 0.109. The van der Waals surface area contributed by atoms with Gasteiger partial charge in [-0.05, 0) is 18.4 Å². The Kier molecular flexibility index (Phi) is 5.99. The quantitative estimate of drug-likeness (QED) is 0.727. The van der Waals surface area contributed by atoms with Crippen LogP contribution >= 0.6 is 0 Å². The predicted molar refractivity (Wildman–Crippen MR) is 85.0 cm³/mol. The third-order valence-electron chi connectivity index (χ3n) is 4.28. The molecule has 2 atom stereocenters. The number of esters is 1. The molecule has 0 spiro atoms. The lowest BCUT2D eigenvalue weighted by atomic mass is 9.93. The van der Waals surface area contributed by atoms with Crippen molar-refractivity contribution in [2.24, 2.45) is 11.8 Å². The normalized spacial score (nSPS) is 21.2. The molecule has 0 N–H and O–H groups in total. The summed E-state index contributed by atoms with van der Waals surface area (Å²) in [6.07, 6.45) is 2.71. The summed E-state index contributed by atoms with van der Waals surface area (Å²) in [5.41, 5.74) is 0.969. The number of amides is 1. The van der Waals surface area contributed by atoms with Crippen molar-refractivity contribution in [2.45, 2.75) is 39.7 Å². The summed E-state index contributed by atoms with van der Waals surface area (Å²) in [6.45, 7) is 5.59. The molecule has 4 nitrogen and oxygen atoms in total. The summed E-state index contributed by atoms with van der Waals surface area (Å²) < 4.78 is 5.43. The van der Waals surface area contributed by atoms with Crippen LogP contribution < -0.4 is 0 Å². The van der Waals surface area contributed by atoms with E-state index in [1.54, 1.807) is 0 Å². The molecule has 4 heteroatoms. The molecular formula is C18H25NO3. The third-order valence-corrected chi connectivity index (χ3v) is 4.28. The summed E-state index contributed by atoms with van der Waals surface area (Å²) in [6, 6.07) is 9.63. The summed E-state index contributed by atoms with van der Waals surface area (Å²) in [7, 11) is 0. The highest BCUT2D eigenvalue weighted by atomic mass is 16.5. The standard InChI is InChI=1S/C18H25NO3/c1-3-5-11-19-12-16(15(4-2)17(19)20)18(21)22-13-14-9-7-6-8-10-14/h6-10,15-16H,3-5,11-13H2,1-2H3. The molecular weight excluding hydrogens is 278 g/mol. The third kappa shape index (κ3) is 3.87. The molecule has 22 heavy (non-hydrogen) atoms. The van der Waals surface area contributed by atoms with Gasteiger partial charge >= 0.3 is 5.97 Å². The SMILES string of the molecule is CCCCN1CC(C(=O)OCc2ccccc2)C(CC)C1=O. The van der Waals surface area contributed by atoms with Gasteiger partial charge in [0.1, 0.15) is 6.61 Å². The zero-order valence-corrected chi connectivity index (χ0v) is 13.5. The van der Waals surface area contributed by atoms with Crippen molar-refractivity contribution in [1.29, 1.82) is 0 Å². The average molecular weight is 303 g/mol. The lowest BCUT2D eigenvalue weighted by molar-refractivity contribution is -0.151. The molecule has 1 aromatic rings. The molecule has 1 aliphatic rings. The molecule has 1 heterocycles. The van der Waals surface area contributed by atoms with E-state index in [9.17, 15) is 9.59 Å². The summed E-state index contributed by atoms with van der Waals surface area (Å²) in [5, 5.41) is 0. The molecule has 1 saturated heterocycles. The molecule has 2 rings (SSSR count). The Balaban J connectivity index is 1.94. The van der Waals surface area contributed by atoms with Gasteiger partial charge in [-0.2, -0.15) is 0 Å². The second-order valence-electron chi connectivity index (χ2n) is 5.85. The Labute approximate surface area is 132 Å². The monoisotopic (exact) mass is 303 g/mol. The number of benzene rings is 1. The number of ether oxygens (including phenoxy) is 1. The lowest BCUT2D eigenvalue weighted by Gasteiger charge is -2.15. The van der Waals surface area contributed by atoms with E-state index in [0.717, 1.165) is 24.9 Å². The smallest absolute Gasteiger partial charge is 0.311 e. The van der Waals surface area contributed by atoms with Crippen LogP contribution in [0.3, 0.4) is 0 Å². The molecule has 1 aliphatic heterocycles. The fourth-order valence-electron chi connectivity index (χ4n) is 2.95. The minimum Gasteiger partial charge on any atom is -0.461 e. The molecule has 1 fully saturated rings. The number of hydrogen-bond donors (Lipinski definition) is 0. The van der Waals surface area contributed by atoms with E-state index in [4.69, 9.17) is 4.74 Å². The van der Waals surface area contributed by atoms with Gasteiger partial charge < -0.3 is 9.64 Å². The fourth-order valence-corrected chi connectivity index (χ4v) is 2.95. The topological polar surface area (TPSA) is 46.6 Å². The van der Waals surface area contributed by atoms with Crippen molar-refractivity contribution in [3.8, 4) is 0 Å². The van der Waals surface area contributed by atoms with Crippen molar-refractivity contribution in [2.75, 3.05) is 13.1 Å². The van der Waals surface area contributed by atoms with Gasteiger partial charge in [0.2, 0.25) is 5.91 Å². The Hall–Kier alpha value is -1.84. The van der Waals surface area contributed by atoms with E-state index >= 15 is 0 Å². The highest BCUT2D eigenvalue weighted by molar-refractivity contribution is 5.89. The zero-order chi connectivity index (χ0) is 15.9. The molecule has 2 unspecified atom stereocenters. The summed E-state index contributed by atoms with van der Waals surface area (Å²) >= 11 is 0. The molecule has 0 aliphatic carbocycles. The van der Waals surface area contributed by atoms with Crippen molar-refractivity contribution >= 4 is 11.9 Å². The number of rotatable bonds is 7. The average Bonchev–Trinajstić information content (AvgIpc) is 2.87. The Morgan fingerprint density at radius 2 is 2.00 bits per heavy atom. The van der Waals surface area contributed by atoms with E-state index in [1.807, 2.05) is 42.2 Å². The highest BCUT2D eigenvalue weighted by Gasteiger charge is 2.43. The van der Waals surface area contributed by atoms with Crippen LogP contribution in [0.4, 0.5) is 0 Å². The van der Waals surface area contributed by atoms with Gasteiger partial charge in [-0.15, -0.1) is 0 Å². The molecule has 0 saturated carbocycles. The maximum Gasteiger partial charge on any atom is 0.311 e. The van der Waals surface area contributed by atoms with Gasteiger partial charge in [-0.3, -0.25) is 9.59 Å². The summed E-state index contributed by atoms with van der Waals surface area (Å²) in [4.78, 5) is 26.5. The number of hydrogen-bond acceptors (Lipinski definition) is 3. The van der Waals surface area contributed by atoms with E-state index < -0.39 is 0 Å². The van der Waals surface area contributed by atoms with Crippen LogP contribution in [0, 0.1) is 11.8 Å². The molecule has 120 valence electrons. The van der Waals surface area contributed by atoms with Gasteiger partial charge in [-0.1, -0.05) is 50.6 Å². The number of carbonyl (C=O) groups is 2. The predicted octanol–water partition coefficient (Wildman–Crippen LogP) is 3.01. The molecule has 0 radical (unpaired) electrons. The first-order valence-corrected chi connectivity index (χ1v) is 8.16. The van der Waals surface area contributed by atoms with Crippen LogP contribution in [0.2, 0.25) is 0 Å². The fraction of sp³-hybridized carbons (Fsp3) is 0.556. The van der Waals surface area contributed by atoms with Gasteiger partial charge in [0.15, 0.2) is 0 Å². The maximum absolute atomic E-state index is 12.4. The van der Waals surface area contributed by atoms with E-state index in [-0.39, 0.29) is 30.3 Å². The van der Waals surface area contributed by atoms with Crippen molar-refractivity contribution < 1.29 is 14.3 Å². The van der Waals surface area contributed by atoms with Crippen LogP contribution in [0.25, 0.3) is 0 Å². The Morgan fingerprint density at radius 3 is 2.64 bits per heavy atom. The summed E-state index contributed by atoms with van der Waals surface area (Å²) in [5.74, 6) is -0.682. The number of nitrogens with zero attached hydrogens (tertiary/aromatic N) is 1. The minimum atomic E-state index is -0.321. The van der Waals surface area contributed by atoms with Crippen LogP contribution in [-0.2, 0) is 20.9 Å². The first-order chi connectivity index (χ1) is 10.7. The van der Waals surface area contributed by atoms with Crippen molar-refractivity contribution in [3.05, 3.63) is 35.9 Å². The first-order valence-electron chi connectivity index (χ1n) is 8.16. The van der Waals surface area contributed by atoms with Gasteiger partial charge in [0.25, 0.3) is 0 Å². The molecule has 0 bridgehead atoms. The van der Waals surface area contributed by atoms with Crippen molar-refractivity contribution in [1.82, 2.24) is 4.90 Å². The Bertz CT molecular complexity index is 500. The molecule has 1 amide bonds. The largest absolute Gasteiger partial charge is 0.461 e. The maximum atomic E-state index is 12.4. The lowest BCUT2D eigenvalue weighted by Crippen LogP contribution is -2.28. The Morgan fingerprint density at radius 1 is 1.27 bits per heavy atom. The molecule has 0 aromatic heterocycles. The second-order valence-corrected chi connectivity index (χ2v) is 5.85. The van der Waals surface area contributed by atoms with E-state index in [1.165, 1.54) is 0 Å².